The molecular weight excluding hydrogens is 348 g/mol. The fraction of sp³-hybridized carbons (Fsp3) is 0.263. The molecule has 1 aliphatic rings. The summed E-state index contributed by atoms with van der Waals surface area (Å²) < 4.78 is 0. The van der Waals surface area contributed by atoms with E-state index in [0.717, 1.165) is 5.69 Å². The van der Waals surface area contributed by atoms with Gasteiger partial charge in [-0.1, -0.05) is 24.3 Å². The van der Waals surface area contributed by atoms with Gasteiger partial charge in [-0.15, -0.1) is 0 Å². The molecule has 2 aromatic rings. The third-order valence-corrected chi connectivity index (χ3v) is 4.50. The molecule has 0 bridgehead atoms. The van der Waals surface area contributed by atoms with Crippen LogP contribution in [0.1, 0.15) is 12.8 Å². The van der Waals surface area contributed by atoms with Gasteiger partial charge in [0.1, 0.15) is 0 Å². The minimum absolute atomic E-state index is 0.0417. The Hall–Kier alpha value is -3.42. The van der Waals surface area contributed by atoms with Crippen LogP contribution in [0.15, 0.2) is 54.6 Å². The second-order valence-electron chi connectivity index (χ2n) is 6.35. The first kappa shape index (κ1) is 18.4. The highest BCUT2D eigenvalue weighted by Gasteiger charge is 2.27. The van der Waals surface area contributed by atoms with Gasteiger partial charge in [0.25, 0.3) is 5.69 Å². The number of nitro benzene ring substituents is 1. The third-order valence-electron chi connectivity index (χ3n) is 4.50. The minimum atomic E-state index is -0.507. The van der Waals surface area contributed by atoms with Crippen LogP contribution in [0.25, 0.3) is 0 Å². The number of carbonyl (C=O) groups excluding carboxylic acids is 2. The van der Waals surface area contributed by atoms with Crippen molar-refractivity contribution in [2.24, 2.45) is 5.92 Å². The highest BCUT2D eigenvalue weighted by atomic mass is 16.6. The van der Waals surface area contributed by atoms with Crippen LogP contribution in [-0.4, -0.2) is 34.9 Å². The predicted octanol–water partition coefficient (Wildman–Crippen LogP) is 3.48. The number of nitrogens with one attached hydrogen (secondary N) is 2. The summed E-state index contributed by atoms with van der Waals surface area (Å²) in [6.07, 6.45) is 1.14. The van der Waals surface area contributed by atoms with Crippen LogP contribution in [0.2, 0.25) is 0 Å². The van der Waals surface area contributed by atoms with Gasteiger partial charge in [0.15, 0.2) is 0 Å². The fourth-order valence-corrected chi connectivity index (χ4v) is 3.01. The molecule has 140 valence electrons. The quantitative estimate of drug-likeness (QED) is 0.637. The van der Waals surface area contributed by atoms with Gasteiger partial charge < -0.3 is 15.5 Å². The highest BCUT2D eigenvalue weighted by molar-refractivity contribution is 5.93. The molecule has 0 atom stereocenters. The van der Waals surface area contributed by atoms with Gasteiger partial charge in [-0.2, -0.15) is 0 Å². The minimum Gasteiger partial charge on any atom is -0.326 e. The van der Waals surface area contributed by atoms with Crippen LogP contribution in [0, 0.1) is 16.0 Å². The second kappa shape index (κ2) is 8.31. The van der Waals surface area contributed by atoms with Crippen molar-refractivity contribution in [3.8, 4) is 0 Å². The molecule has 0 aromatic heterocycles. The zero-order valence-electron chi connectivity index (χ0n) is 14.6. The lowest BCUT2D eigenvalue weighted by Crippen LogP contribution is -2.43. The van der Waals surface area contributed by atoms with Crippen LogP contribution in [-0.2, 0) is 4.79 Å². The smallest absolute Gasteiger partial charge is 0.321 e. The van der Waals surface area contributed by atoms with E-state index in [2.05, 4.69) is 10.6 Å². The van der Waals surface area contributed by atoms with E-state index in [9.17, 15) is 19.7 Å². The van der Waals surface area contributed by atoms with Crippen molar-refractivity contribution in [2.45, 2.75) is 12.8 Å². The summed E-state index contributed by atoms with van der Waals surface area (Å²) in [7, 11) is 0. The monoisotopic (exact) mass is 368 g/mol. The lowest BCUT2D eigenvalue weighted by Gasteiger charge is -2.31. The fourth-order valence-electron chi connectivity index (χ4n) is 3.01. The van der Waals surface area contributed by atoms with Crippen molar-refractivity contribution in [2.75, 3.05) is 23.7 Å². The van der Waals surface area contributed by atoms with Gasteiger partial charge >= 0.3 is 6.03 Å². The number of carbonyl (C=O) groups is 2. The Morgan fingerprint density at radius 2 is 1.63 bits per heavy atom. The maximum atomic E-state index is 12.4. The number of anilines is 2. The molecule has 3 rings (SSSR count). The maximum Gasteiger partial charge on any atom is 0.321 e. The van der Waals surface area contributed by atoms with E-state index in [0.29, 0.717) is 31.6 Å². The molecule has 0 aliphatic carbocycles. The zero-order chi connectivity index (χ0) is 19.2. The molecule has 1 fully saturated rings. The molecule has 0 radical (unpaired) electrons. The number of hydrogen-bond donors (Lipinski definition) is 2. The molecule has 2 N–H and O–H groups in total. The maximum absolute atomic E-state index is 12.4. The normalized spacial score (nSPS) is 14.4. The first-order chi connectivity index (χ1) is 13.0. The molecule has 2 aromatic carbocycles. The molecular formula is C19H20N4O4. The summed E-state index contributed by atoms with van der Waals surface area (Å²) in [4.78, 5) is 36.6. The molecule has 1 aliphatic heterocycles. The first-order valence-corrected chi connectivity index (χ1v) is 8.69. The number of piperidine rings is 1. The van der Waals surface area contributed by atoms with Crippen LogP contribution in [0.5, 0.6) is 0 Å². The van der Waals surface area contributed by atoms with Gasteiger partial charge in [0, 0.05) is 42.5 Å². The van der Waals surface area contributed by atoms with Gasteiger partial charge in [-0.3, -0.25) is 14.9 Å². The van der Waals surface area contributed by atoms with Crippen molar-refractivity contribution >= 4 is 29.0 Å². The van der Waals surface area contributed by atoms with E-state index in [1.54, 1.807) is 11.0 Å². The number of para-hydroxylation sites is 1. The Labute approximate surface area is 156 Å². The molecule has 0 unspecified atom stereocenters. The van der Waals surface area contributed by atoms with E-state index in [-0.39, 0.29) is 23.5 Å². The van der Waals surface area contributed by atoms with Crippen LogP contribution in [0.4, 0.5) is 21.9 Å². The number of benzene rings is 2. The Morgan fingerprint density at radius 1 is 0.963 bits per heavy atom. The van der Waals surface area contributed by atoms with Crippen molar-refractivity contribution in [3.63, 3.8) is 0 Å². The molecule has 1 heterocycles. The molecule has 0 saturated carbocycles. The standard InChI is InChI=1S/C19H20N4O4/c24-18(20-15-5-2-1-3-6-15)14-9-11-22(12-10-14)19(25)21-16-7-4-8-17(13-16)23(26)27/h1-8,13-14H,9-12H2,(H,20,24)(H,21,25). The van der Waals surface area contributed by atoms with Crippen molar-refractivity contribution in [3.05, 3.63) is 64.7 Å². The Bertz CT molecular complexity index is 833. The Balaban J connectivity index is 1.51. The summed E-state index contributed by atoms with van der Waals surface area (Å²) >= 11 is 0. The van der Waals surface area contributed by atoms with Crippen molar-refractivity contribution in [1.29, 1.82) is 0 Å². The van der Waals surface area contributed by atoms with E-state index >= 15 is 0 Å². The van der Waals surface area contributed by atoms with Crippen LogP contribution >= 0.6 is 0 Å². The van der Waals surface area contributed by atoms with Gasteiger partial charge in [-0.05, 0) is 31.0 Å². The molecule has 1 saturated heterocycles. The molecule has 3 amide bonds. The lowest BCUT2D eigenvalue weighted by molar-refractivity contribution is -0.384. The number of nitrogens with zero attached hydrogens (tertiary/aromatic N) is 2. The average Bonchev–Trinajstić information content (AvgIpc) is 2.69. The highest BCUT2D eigenvalue weighted by Crippen LogP contribution is 2.21. The number of amides is 3. The lowest BCUT2D eigenvalue weighted by atomic mass is 9.96. The number of hydrogen-bond acceptors (Lipinski definition) is 4. The number of nitro groups is 1. The zero-order valence-corrected chi connectivity index (χ0v) is 14.6. The molecule has 8 heteroatoms. The summed E-state index contributed by atoms with van der Waals surface area (Å²) in [5.41, 5.74) is 1.05. The first-order valence-electron chi connectivity index (χ1n) is 8.69. The molecule has 8 nitrogen and oxygen atoms in total. The van der Waals surface area contributed by atoms with E-state index in [4.69, 9.17) is 0 Å². The third kappa shape index (κ3) is 4.81. The number of non-ortho nitro benzene ring substituents is 1. The summed E-state index contributed by atoms with van der Waals surface area (Å²) in [6, 6.07) is 14.8. The topological polar surface area (TPSA) is 105 Å². The summed E-state index contributed by atoms with van der Waals surface area (Å²) in [5.74, 6) is -0.188. The van der Waals surface area contributed by atoms with Crippen LogP contribution in [0.3, 0.4) is 0 Å². The van der Waals surface area contributed by atoms with Gasteiger partial charge in [0.05, 0.1) is 4.92 Å². The Kier molecular flexibility index (Phi) is 5.65. The average molecular weight is 368 g/mol. The molecule has 0 spiro atoms. The van der Waals surface area contributed by atoms with Crippen molar-refractivity contribution < 1.29 is 14.5 Å². The van der Waals surface area contributed by atoms with Gasteiger partial charge in [-0.25, -0.2) is 4.79 Å². The summed E-state index contributed by atoms with van der Waals surface area (Å²) in [5, 5.41) is 16.4. The van der Waals surface area contributed by atoms with Crippen LogP contribution < -0.4 is 10.6 Å². The number of rotatable bonds is 4. The second-order valence-corrected chi connectivity index (χ2v) is 6.35. The Morgan fingerprint density at radius 3 is 2.30 bits per heavy atom. The van der Waals surface area contributed by atoms with E-state index < -0.39 is 4.92 Å². The van der Waals surface area contributed by atoms with E-state index in [1.807, 2.05) is 30.3 Å². The SMILES string of the molecule is O=C(Nc1ccccc1)C1CCN(C(=O)Nc2cccc([N+](=O)[O-])c2)CC1. The predicted molar refractivity (Wildman–Crippen MR) is 101 cm³/mol. The van der Waals surface area contributed by atoms with Gasteiger partial charge in [0.2, 0.25) is 5.91 Å². The summed E-state index contributed by atoms with van der Waals surface area (Å²) in [6.45, 7) is 0.904. The van der Waals surface area contributed by atoms with E-state index in [1.165, 1.54) is 18.2 Å². The largest absolute Gasteiger partial charge is 0.326 e. The number of likely N-dealkylation sites (tertiary alicyclic amines) is 1. The van der Waals surface area contributed by atoms with Crippen molar-refractivity contribution in [1.82, 2.24) is 4.90 Å². The molecule has 27 heavy (non-hydrogen) atoms. The number of urea groups is 1.